The number of thioether (sulfide) groups is 1. The molecule has 0 radical (unpaired) electrons. The number of carbonyl (C=O) groups is 2. The Labute approximate surface area is 158 Å². The smallest absolute Gasteiger partial charge is 0.251 e. The molecule has 2 N–H and O–H groups in total. The Morgan fingerprint density at radius 3 is 2.62 bits per heavy atom. The molecule has 136 valence electrons. The zero-order chi connectivity index (χ0) is 18.4. The normalized spacial score (nSPS) is 13.3. The first kappa shape index (κ1) is 18.5. The molecule has 0 unspecified atom stereocenters. The van der Waals surface area contributed by atoms with Crippen LogP contribution in [0.3, 0.4) is 0 Å². The first-order valence-electron chi connectivity index (χ1n) is 8.94. The monoisotopic (exact) mass is 368 g/mol. The number of aryl methyl sites for hydroxylation is 1. The van der Waals surface area contributed by atoms with E-state index in [-0.39, 0.29) is 17.7 Å². The molecule has 0 atom stereocenters. The van der Waals surface area contributed by atoms with Gasteiger partial charge >= 0.3 is 0 Å². The number of anilines is 1. The lowest BCUT2D eigenvalue weighted by molar-refractivity contribution is -0.117. The van der Waals surface area contributed by atoms with Crippen LogP contribution >= 0.6 is 11.8 Å². The van der Waals surface area contributed by atoms with Crippen LogP contribution < -0.4 is 10.6 Å². The highest BCUT2D eigenvalue weighted by atomic mass is 32.2. The largest absolute Gasteiger partial charge is 0.351 e. The average Bonchev–Trinajstić information content (AvgIpc) is 3.48. The molecule has 1 aliphatic rings. The third-order valence-electron chi connectivity index (χ3n) is 4.26. The van der Waals surface area contributed by atoms with E-state index in [4.69, 9.17) is 0 Å². The van der Waals surface area contributed by atoms with Gasteiger partial charge in [0.1, 0.15) is 0 Å². The van der Waals surface area contributed by atoms with E-state index in [1.165, 1.54) is 11.1 Å². The predicted octanol–water partition coefficient (Wildman–Crippen LogP) is 4.01. The quantitative estimate of drug-likeness (QED) is 0.692. The molecule has 26 heavy (non-hydrogen) atoms. The molecule has 0 saturated heterocycles. The van der Waals surface area contributed by atoms with Gasteiger partial charge in [0.25, 0.3) is 5.91 Å². The van der Waals surface area contributed by atoms with Crippen LogP contribution in [0.25, 0.3) is 0 Å². The van der Waals surface area contributed by atoms with E-state index in [0.29, 0.717) is 17.8 Å². The molecule has 0 aliphatic heterocycles. The Bertz CT molecular complexity index is 770. The summed E-state index contributed by atoms with van der Waals surface area (Å²) in [6.45, 7) is 2.70. The van der Waals surface area contributed by atoms with Gasteiger partial charge in [0.2, 0.25) is 5.91 Å². The van der Waals surface area contributed by atoms with Crippen molar-refractivity contribution in [2.24, 2.45) is 5.92 Å². The summed E-state index contributed by atoms with van der Waals surface area (Å²) in [6.07, 6.45) is 1.93. The minimum absolute atomic E-state index is 0.0510. The van der Waals surface area contributed by atoms with E-state index in [9.17, 15) is 9.59 Å². The fourth-order valence-electron chi connectivity index (χ4n) is 2.54. The van der Waals surface area contributed by atoms with Gasteiger partial charge in [-0.3, -0.25) is 9.59 Å². The highest BCUT2D eigenvalue weighted by Crippen LogP contribution is 2.30. The van der Waals surface area contributed by atoms with Crippen molar-refractivity contribution in [1.29, 1.82) is 0 Å². The number of rotatable bonds is 8. The number of hydrogen-bond donors (Lipinski definition) is 2. The Hall–Kier alpha value is -2.27. The van der Waals surface area contributed by atoms with Crippen LogP contribution in [0.15, 0.2) is 48.5 Å². The summed E-state index contributed by atoms with van der Waals surface area (Å²) in [4.78, 5) is 24.1. The molecule has 1 saturated carbocycles. The molecule has 3 rings (SSSR count). The van der Waals surface area contributed by atoms with Gasteiger partial charge in [-0.05, 0) is 43.5 Å². The van der Waals surface area contributed by atoms with Crippen molar-refractivity contribution < 1.29 is 9.59 Å². The van der Waals surface area contributed by atoms with E-state index in [2.05, 4.69) is 41.8 Å². The summed E-state index contributed by atoms with van der Waals surface area (Å²) in [7, 11) is 0. The fourth-order valence-corrected chi connectivity index (χ4v) is 3.36. The van der Waals surface area contributed by atoms with Gasteiger partial charge in [-0.2, -0.15) is 11.8 Å². The van der Waals surface area contributed by atoms with Gasteiger partial charge in [0.05, 0.1) is 0 Å². The number of hydrogen-bond acceptors (Lipinski definition) is 3. The maximum absolute atomic E-state index is 12.3. The molecule has 5 heteroatoms. The third kappa shape index (κ3) is 5.63. The molecule has 1 fully saturated rings. The lowest BCUT2D eigenvalue weighted by atomic mass is 10.2. The molecule has 0 spiro atoms. The van der Waals surface area contributed by atoms with Crippen LogP contribution in [0.1, 0.15) is 34.3 Å². The Balaban J connectivity index is 1.40. The summed E-state index contributed by atoms with van der Waals surface area (Å²) in [5, 5.41) is 5.81. The first-order chi connectivity index (χ1) is 12.6. The summed E-state index contributed by atoms with van der Waals surface area (Å²) in [6, 6.07) is 15.6. The summed E-state index contributed by atoms with van der Waals surface area (Å²) < 4.78 is 0. The molecule has 0 bridgehead atoms. The van der Waals surface area contributed by atoms with Crippen LogP contribution in [-0.4, -0.2) is 24.1 Å². The molecule has 2 aromatic carbocycles. The second-order valence-electron chi connectivity index (χ2n) is 6.64. The van der Waals surface area contributed by atoms with E-state index >= 15 is 0 Å². The molecule has 0 heterocycles. The highest BCUT2D eigenvalue weighted by Gasteiger charge is 2.29. The lowest BCUT2D eigenvalue weighted by Gasteiger charge is -2.08. The van der Waals surface area contributed by atoms with Gasteiger partial charge < -0.3 is 10.6 Å². The molecular formula is C21H24N2O2S. The zero-order valence-electron chi connectivity index (χ0n) is 15.0. The Morgan fingerprint density at radius 1 is 1.12 bits per heavy atom. The zero-order valence-corrected chi connectivity index (χ0v) is 15.8. The third-order valence-corrected chi connectivity index (χ3v) is 5.29. The SMILES string of the molecule is Cc1ccc(CSCCNC(=O)c2cccc(NC(=O)C3CC3)c2)cc1. The lowest BCUT2D eigenvalue weighted by Crippen LogP contribution is -2.26. The number of amides is 2. The van der Waals surface area contributed by atoms with Crippen molar-refractivity contribution in [3.05, 3.63) is 65.2 Å². The molecule has 2 aromatic rings. The van der Waals surface area contributed by atoms with E-state index in [1.807, 2.05) is 6.07 Å². The Kier molecular flexibility index (Phi) is 6.34. The maximum Gasteiger partial charge on any atom is 0.251 e. The van der Waals surface area contributed by atoms with Gasteiger partial charge in [-0.15, -0.1) is 0 Å². The first-order valence-corrected chi connectivity index (χ1v) is 10.1. The van der Waals surface area contributed by atoms with E-state index in [1.54, 1.807) is 30.0 Å². The molecule has 1 aliphatic carbocycles. The molecular weight excluding hydrogens is 344 g/mol. The van der Waals surface area contributed by atoms with Gasteiger partial charge in [-0.1, -0.05) is 35.9 Å². The summed E-state index contributed by atoms with van der Waals surface area (Å²) in [5.74, 6) is 1.90. The van der Waals surface area contributed by atoms with Gasteiger partial charge in [0, 0.05) is 35.2 Å². The standard InChI is InChI=1S/C21H24N2O2S/c1-15-5-7-16(8-6-15)14-26-12-11-22-20(24)18-3-2-4-19(13-18)23-21(25)17-9-10-17/h2-8,13,17H,9-12,14H2,1H3,(H,22,24)(H,23,25). The maximum atomic E-state index is 12.3. The number of benzene rings is 2. The van der Waals surface area contributed by atoms with Crippen molar-refractivity contribution in [2.75, 3.05) is 17.6 Å². The van der Waals surface area contributed by atoms with Crippen LogP contribution in [0, 0.1) is 12.8 Å². The van der Waals surface area contributed by atoms with Crippen molar-refractivity contribution in [3.8, 4) is 0 Å². The Morgan fingerprint density at radius 2 is 1.88 bits per heavy atom. The summed E-state index contributed by atoms with van der Waals surface area (Å²) in [5.41, 5.74) is 3.82. The van der Waals surface area contributed by atoms with Crippen LogP contribution in [0.5, 0.6) is 0 Å². The van der Waals surface area contributed by atoms with Crippen molar-refractivity contribution in [3.63, 3.8) is 0 Å². The summed E-state index contributed by atoms with van der Waals surface area (Å²) >= 11 is 1.80. The topological polar surface area (TPSA) is 58.2 Å². The minimum atomic E-state index is -0.108. The molecule has 4 nitrogen and oxygen atoms in total. The van der Waals surface area contributed by atoms with Gasteiger partial charge in [-0.25, -0.2) is 0 Å². The second-order valence-corrected chi connectivity index (χ2v) is 7.74. The molecule has 2 amide bonds. The predicted molar refractivity (Wildman–Crippen MR) is 107 cm³/mol. The molecule has 0 aromatic heterocycles. The second kappa shape index (κ2) is 8.90. The van der Waals surface area contributed by atoms with Crippen LogP contribution in [-0.2, 0) is 10.5 Å². The van der Waals surface area contributed by atoms with Gasteiger partial charge in [0.15, 0.2) is 0 Å². The number of nitrogens with one attached hydrogen (secondary N) is 2. The van der Waals surface area contributed by atoms with Crippen LogP contribution in [0.4, 0.5) is 5.69 Å². The van der Waals surface area contributed by atoms with Crippen molar-refractivity contribution >= 4 is 29.3 Å². The van der Waals surface area contributed by atoms with Crippen molar-refractivity contribution in [2.45, 2.75) is 25.5 Å². The fraction of sp³-hybridized carbons (Fsp3) is 0.333. The van der Waals surface area contributed by atoms with E-state index in [0.717, 1.165) is 24.3 Å². The van der Waals surface area contributed by atoms with Crippen molar-refractivity contribution in [1.82, 2.24) is 5.32 Å². The van der Waals surface area contributed by atoms with E-state index < -0.39 is 0 Å². The average molecular weight is 369 g/mol. The number of carbonyl (C=O) groups excluding carboxylic acids is 2. The highest BCUT2D eigenvalue weighted by molar-refractivity contribution is 7.98. The minimum Gasteiger partial charge on any atom is -0.351 e. The van der Waals surface area contributed by atoms with Crippen LogP contribution in [0.2, 0.25) is 0 Å².